The molecule has 1 aromatic rings. The summed E-state index contributed by atoms with van der Waals surface area (Å²) in [5.41, 5.74) is -0.541. The normalized spacial score (nSPS) is 21.1. The highest BCUT2D eigenvalue weighted by Gasteiger charge is 2.40. The standard InChI is InChI=1S/C11H17NO4S2/c1-11(2)8-16-6-5-12(11)18(14,15)10-4-3-9(7-13)17-10/h3-4,13H,5-8H2,1-2H3. The molecule has 1 fully saturated rings. The highest BCUT2D eigenvalue weighted by molar-refractivity contribution is 7.91. The third-order valence-corrected chi connectivity index (χ3v) is 6.55. The molecule has 1 aliphatic rings. The lowest BCUT2D eigenvalue weighted by Gasteiger charge is -2.40. The Labute approximate surface area is 111 Å². The highest BCUT2D eigenvalue weighted by Crippen LogP contribution is 2.31. The first kappa shape index (κ1) is 14.0. The SMILES string of the molecule is CC1(C)COCCN1S(=O)(=O)c1ccc(CO)s1. The monoisotopic (exact) mass is 291 g/mol. The summed E-state index contributed by atoms with van der Waals surface area (Å²) in [5.74, 6) is 0. The number of aliphatic hydroxyl groups excluding tert-OH is 1. The van der Waals surface area contributed by atoms with Crippen molar-refractivity contribution in [2.24, 2.45) is 0 Å². The fraction of sp³-hybridized carbons (Fsp3) is 0.636. The van der Waals surface area contributed by atoms with Crippen LogP contribution in [0.1, 0.15) is 18.7 Å². The molecule has 0 bridgehead atoms. The number of nitrogens with zero attached hydrogens (tertiary/aromatic N) is 1. The Kier molecular flexibility index (Phi) is 3.80. The lowest BCUT2D eigenvalue weighted by molar-refractivity contribution is -0.00761. The van der Waals surface area contributed by atoms with Crippen LogP contribution in [-0.4, -0.2) is 43.1 Å². The smallest absolute Gasteiger partial charge is 0.253 e. The molecular formula is C11H17NO4S2. The topological polar surface area (TPSA) is 66.8 Å². The van der Waals surface area contributed by atoms with Crippen molar-refractivity contribution in [2.75, 3.05) is 19.8 Å². The van der Waals surface area contributed by atoms with Gasteiger partial charge in [-0.15, -0.1) is 11.3 Å². The average Bonchev–Trinajstić information content (AvgIpc) is 2.77. The second-order valence-corrected chi connectivity index (χ2v) is 8.08. The Balaban J connectivity index is 2.35. The molecule has 0 aromatic carbocycles. The van der Waals surface area contributed by atoms with Crippen molar-refractivity contribution in [1.29, 1.82) is 0 Å². The van der Waals surface area contributed by atoms with Crippen molar-refractivity contribution in [2.45, 2.75) is 30.2 Å². The Morgan fingerprint density at radius 3 is 2.78 bits per heavy atom. The van der Waals surface area contributed by atoms with Gasteiger partial charge in [0.2, 0.25) is 0 Å². The zero-order valence-corrected chi connectivity index (χ0v) is 12.1. The fourth-order valence-corrected chi connectivity index (χ4v) is 5.06. The van der Waals surface area contributed by atoms with Crippen LogP contribution in [0.25, 0.3) is 0 Å². The molecule has 7 heteroatoms. The second-order valence-electron chi connectivity index (χ2n) is 4.82. The van der Waals surface area contributed by atoms with Crippen LogP contribution in [0.3, 0.4) is 0 Å². The van der Waals surface area contributed by atoms with Gasteiger partial charge in [0, 0.05) is 11.4 Å². The van der Waals surface area contributed by atoms with E-state index in [0.717, 1.165) is 11.3 Å². The molecule has 0 spiro atoms. The predicted octanol–water partition coefficient (Wildman–Crippen LogP) is 1.04. The van der Waals surface area contributed by atoms with Crippen molar-refractivity contribution in [3.8, 4) is 0 Å². The van der Waals surface area contributed by atoms with E-state index in [9.17, 15) is 8.42 Å². The summed E-state index contributed by atoms with van der Waals surface area (Å²) in [6.07, 6.45) is 0. The minimum Gasteiger partial charge on any atom is -0.391 e. The van der Waals surface area contributed by atoms with Crippen LogP contribution >= 0.6 is 11.3 Å². The number of morpholine rings is 1. The fourth-order valence-electron chi connectivity index (χ4n) is 1.98. The van der Waals surface area contributed by atoms with Crippen molar-refractivity contribution >= 4 is 21.4 Å². The van der Waals surface area contributed by atoms with E-state index in [4.69, 9.17) is 9.84 Å². The van der Waals surface area contributed by atoms with Crippen LogP contribution < -0.4 is 0 Å². The average molecular weight is 291 g/mol. The summed E-state index contributed by atoms with van der Waals surface area (Å²) in [6.45, 7) is 4.74. The maximum atomic E-state index is 12.5. The van der Waals surface area contributed by atoms with E-state index in [1.165, 1.54) is 4.31 Å². The van der Waals surface area contributed by atoms with Crippen molar-refractivity contribution in [1.82, 2.24) is 4.31 Å². The molecule has 0 atom stereocenters. The summed E-state index contributed by atoms with van der Waals surface area (Å²) in [6, 6.07) is 3.20. The summed E-state index contributed by atoms with van der Waals surface area (Å²) in [7, 11) is -3.50. The maximum Gasteiger partial charge on any atom is 0.253 e. The Morgan fingerprint density at radius 1 is 1.50 bits per heavy atom. The lowest BCUT2D eigenvalue weighted by Crippen LogP contribution is -2.55. The van der Waals surface area contributed by atoms with Crippen LogP contribution in [-0.2, 0) is 21.4 Å². The Bertz CT molecular complexity index is 521. The molecule has 102 valence electrons. The molecule has 0 aliphatic carbocycles. The highest BCUT2D eigenvalue weighted by atomic mass is 32.2. The molecule has 0 amide bonds. The summed E-state index contributed by atoms with van der Waals surface area (Å²) in [5, 5.41) is 9.01. The van der Waals surface area contributed by atoms with Crippen molar-refractivity contribution < 1.29 is 18.3 Å². The van der Waals surface area contributed by atoms with Crippen LogP contribution in [0, 0.1) is 0 Å². The van der Waals surface area contributed by atoms with Gasteiger partial charge in [0.25, 0.3) is 10.0 Å². The second kappa shape index (κ2) is 4.90. The minimum atomic E-state index is -3.50. The van der Waals surface area contributed by atoms with Crippen LogP contribution in [0.15, 0.2) is 16.3 Å². The number of hydrogen-bond acceptors (Lipinski definition) is 5. The van der Waals surface area contributed by atoms with Crippen molar-refractivity contribution in [3.63, 3.8) is 0 Å². The third-order valence-electron chi connectivity index (χ3n) is 2.91. The Hall–Kier alpha value is -0.470. The van der Waals surface area contributed by atoms with E-state index in [1.54, 1.807) is 12.1 Å². The number of hydrogen-bond donors (Lipinski definition) is 1. The van der Waals surface area contributed by atoms with Gasteiger partial charge < -0.3 is 9.84 Å². The summed E-state index contributed by atoms with van der Waals surface area (Å²) < 4.78 is 32.2. The molecule has 0 saturated carbocycles. The maximum absolute atomic E-state index is 12.5. The molecule has 1 saturated heterocycles. The lowest BCUT2D eigenvalue weighted by atomic mass is 10.1. The Morgan fingerprint density at radius 2 is 2.22 bits per heavy atom. The van der Waals surface area contributed by atoms with Crippen LogP contribution in [0.5, 0.6) is 0 Å². The number of thiophene rings is 1. The molecule has 2 heterocycles. The van der Waals surface area contributed by atoms with Crippen molar-refractivity contribution in [3.05, 3.63) is 17.0 Å². The molecule has 2 rings (SSSR count). The van der Waals surface area contributed by atoms with E-state index in [2.05, 4.69) is 0 Å². The van der Waals surface area contributed by atoms with Gasteiger partial charge in [-0.3, -0.25) is 0 Å². The van der Waals surface area contributed by atoms with E-state index in [0.29, 0.717) is 24.6 Å². The number of aliphatic hydroxyl groups is 1. The first-order chi connectivity index (χ1) is 8.38. The molecule has 0 unspecified atom stereocenters. The molecule has 1 aliphatic heterocycles. The molecular weight excluding hydrogens is 274 g/mol. The van der Waals surface area contributed by atoms with Gasteiger partial charge >= 0.3 is 0 Å². The summed E-state index contributed by atoms with van der Waals surface area (Å²) >= 11 is 1.11. The van der Waals surface area contributed by atoms with Gasteiger partial charge in [-0.05, 0) is 26.0 Å². The third kappa shape index (κ3) is 2.46. The van der Waals surface area contributed by atoms with Crippen LogP contribution in [0.2, 0.25) is 0 Å². The first-order valence-corrected chi connectivity index (χ1v) is 7.94. The van der Waals surface area contributed by atoms with Gasteiger partial charge in [-0.1, -0.05) is 0 Å². The molecule has 18 heavy (non-hydrogen) atoms. The van der Waals surface area contributed by atoms with Gasteiger partial charge in [-0.25, -0.2) is 8.42 Å². The van der Waals surface area contributed by atoms with E-state index in [-0.39, 0.29) is 10.8 Å². The van der Waals surface area contributed by atoms with E-state index < -0.39 is 15.6 Å². The van der Waals surface area contributed by atoms with E-state index >= 15 is 0 Å². The van der Waals surface area contributed by atoms with Gasteiger partial charge in [0.05, 0.1) is 25.4 Å². The summed E-state index contributed by atoms with van der Waals surface area (Å²) in [4.78, 5) is 0.652. The van der Waals surface area contributed by atoms with Crippen LogP contribution in [0.4, 0.5) is 0 Å². The quantitative estimate of drug-likeness (QED) is 0.903. The number of rotatable bonds is 3. The molecule has 0 radical (unpaired) electrons. The van der Waals surface area contributed by atoms with Gasteiger partial charge in [0.1, 0.15) is 4.21 Å². The molecule has 1 N–H and O–H groups in total. The molecule has 5 nitrogen and oxygen atoms in total. The predicted molar refractivity (Wildman–Crippen MR) is 69.0 cm³/mol. The number of sulfonamides is 1. The minimum absolute atomic E-state index is 0.132. The zero-order valence-electron chi connectivity index (χ0n) is 10.4. The molecule has 1 aromatic heterocycles. The first-order valence-electron chi connectivity index (χ1n) is 5.68. The van der Waals surface area contributed by atoms with Gasteiger partial charge in [-0.2, -0.15) is 4.31 Å². The largest absolute Gasteiger partial charge is 0.391 e. The number of ether oxygens (including phenoxy) is 1. The van der Waals surface area contributed by atoms with E-state index in [1.807, 2.05) is 13.8 Å². The van der Waals surface area contributed by atoms with Gasteiger partial charge in [0.15, 0.2) is 0 Å². The zero-order chi connectivity index (χ0) is 13.4.